The van der Waals surface area contributed by atoms with Crippen molar-refractivity contribution in [1.82, 2.24) is 19.7 Å². The van der Waals surface area contributed by atoms with Crippen molar-refractivity contribution in [2.24, 2.45) is 5.73 Å². The highest BCUT2D eigenvalue weighted by molar-refractivity contribution is 5.98. The van der Waals surface area contributed by atoms with Crippen molar-refractivity contribution in [3.05, 3.63) is 41.9 Å². The van der Waals surface area contributed by atoms with Crippen LogP contribution in [0.25, 0.3) is 16.9 Å². The van der Waals surface area contributed by atoms with Crippen molar-refractivity contribution in [2.75, 3.05) is 11.9 Å². The third kappa shape index (κ3) is 3.11. The van der Waals surface area contributed by atoms with E-state index in [2.05, 4.69) is 20.4 Å². The van der Waals surface area contributed by atoms with Crippen LogP contribution in [0.15, 0.2) is 30.7 Å². The Morgan fingerprint density at radius 2 is 2.20 bits per heavy atom. The standard InChI is InChI=1S/C16H15N7O2/c1-9(8-24)22-13-3-14(19-7-12(13)15(18)25)23-16-11(6-21-23)2-10(4-17)5-20-16/h2-3,5-7,9,24H,8H2,1H3,(H2,18,25)(H,19,22)/t9-/m0/s1. The average molecular weight is 337 g/mol. The lowest BCUT2D eigenvalue weighted by Gasteiger charge is -2.15. The topological polar surface area (TPSA) is 143 Å². The van der Waals surface area contributed by atoms with Crippen LogP contribution in [-0.4, -0.2) is 43.4 Å². The molecule has 0 bridgehead atoms. The highest BCUT2D eigenvalue weighted by Gasteiger charge is 2.15. The molecule has 4 N–H and O–H groups in total. The molecule has 1 amide bonds. The van der Waals surface area contributed by atoms with Crippen LogP contribution >= 0.6 is 0 Å². The number of carbonyl (C=O) groups is 1. The van der Waals surface area contributed by atoms with Gasteiger partial charge < -0.3 is 16.2 Å². The van der Waals surface area contributed by atoms with Gasteiger partial charge in [0, 0.05) is 29.9 Å². The Kier molecular flexibility index (Phi) is 4.28. The Morgan fingerprint density at radius 1 is 1.40 bits per heavy atom. The van der Waals surface area contributed by atoms with Crippen LogP contribution in [0, 0.1) is 11.3 Å². The summed E-state index contributed by atoms with van der Waals surface area (Å²) in [5.74, 6) is -0.210. The fourth-order valence-corrected chi connectivity index (χ4v) is 2.34. The van der Waals surface area contributed by atoms with Crippen LogP contribution in [0.4, 0.5) is 5.69 Å². The first-order valence-electron chi connectivity index (χ1n) is 7.45. The molecule has 0 aliphatic heterocycles. The molecule has 3 rings (SSSR count). The fourth-order valence-electron chi connectivity index (χ4n) is 2.34. The van der Waals surface area contributed by atoms with E-state index in [-0.39, 0.29) is 18.2 Å². The molecule has 0 spiro atoms. The fraction of sp³-hybridized carbons (Fsp3) is 0.188. The lowest BCUT2D eigenvalue weighted by molar-refractivity contribution is 0.100. The summed E-state index contributed by atoms with van der Waals surface area (Å²) in [6.07, 6.45) is 4.38. The normalized spacial score (nSPS) is 11.9. The number of aromatic nitrogens is 4. The molecule has 0 unspecified atom stereocenters. The first-order chi connectivity index (χ1) is 12.0. The van der Waals surface area contributed by atoms with E-state index in [1.165, 1.54) is 17.1 Å². The number of nitrogens with zero attached hydrogens (tertiary/aromatic N) is 5. The van der Waals surface area contributed by atoms with E-state index in [4.69, 9.17) is 11.0 Å². The highest BCUT2D eigenvalue weighted by atomic mass is 16.3. The van der Waals surface area contributed by atoms with Gasteiger partial charge in [0.25, 0.3) is 5.91 Å². The van der Waals surface area contributed by atoms with Gasteiger partial charge in [-0.3, -0.25) is 4.79 Å². The average Bonchev–Trinajstić information content (AvgIpc) is 3.04. The Hall–Kier alpha value is -3.51. The van der Waals surface area contributed by atoms with E-state index < -0.39 is 5.91 Å². The monoisotopic (exact) mass is 337 g/mol. The maximum Gasteiger partial charge on any atom is 0.252 e. The third-order valence-corrected chi connectivity index (χ3v) is 3.58. The predicted octanol–water partition coefficient (Wildman–Crippen LogP) is 0.579. The van der Waals surface area contributed by atoms with Gasteiger partial charge in [-0.15, -0.1) is 0 Å². The zero-order valence-corrected chi connectivity index (χ0v) is 13.3. The second-order valence-electron chi connectivity index (χ2n) is 5.49. The van der Waals surface area contributed by atoms with Crippen molar-refractivity contribution in [2.45, 2.75) is 13.0 Å². The summed E-state index contributed by atoms with van der Waals surface area (Å²) in [5.41, 5.74) is 6.99. The summed E-state index contributed by atoms with van der Waals surface area (Å²) in [6, 6.07) is 5.03. The molecule has 0 saturated carbocycles. The molecule has 0 fully saturated rings. The minimum atomic E-state index is -0.631. The maximum atomic E-state index is 11.6. The molecule has 0 radical (unpaired) electrons. The Labute approximate surface area is 142 Å². The number of carbonyl (C=O) groups excluding carboxylic acids is 1. The first-order valence-corrected chi connectivity index (χ1v) is 7.45. The van der Waals surface area contributed by atoms with E-state index in [1.807, 2.05) is 6.07 Å². The lowest BCUT2D eigenvalue weighted by atomic mass is 10.2. The minimum absolute atomic E-state index is 0.112. The van der Waals surface area contributed by atoms with Crippen molar-refractivity contribution >= 4 is 22.6 Å². The summed E-state index contributed by atoms with van der Waals surface area (Å²) < 4.78 is 1.50. The van der Waals surface area contributed by atoms with Crippen molar-refractivity contribution in [3.63, 3.8) is 0 Å². The second-order valence-corrected chi connectivity index (χ2v) is 5.49. The summed E-state index contributed by atoms with van der Waals surface area (Å²) >= 11 is 0. The number of nitrogens with two attached hydrogens (primary N) is 1. The van der Waals surface area contributed by atoms with Gasteiger partial charge in [-0.2, -0.15) is 15.0 Å². The summed E-state index contributed by atoms with van der Waals surface area (Å²) in [5, 5.41) is 26.1. The Balaban J connectivity index is 2.10. The number of pyridine rings is 2. The van der Waals surface area contributed by atoms with Gasteiger partial charge in [0.15, 0.2) is 11.5 Å². The first kappa shape index (κ1) is 16.4. The van der Waals surface area contributed by atoms with Crippen LogP contribution in [0.3, 0.4) is 0 Å². The second kappa shape index (κ2) is 6.54. The van der Waals surface area contributed by atoms with Gasteiger partial charge in [-0.1, -0.05) is 0 Å². The molecule has 0 saturated heterocycles. The van der Waals surface area contributed by atoms with Crippen molar-refractivity contribution < 1.29 is 9.90 Å². The number of amides is 1. The van der Waals surface area contributed by atoms with E-state index in [0.29, 0.717) is 28.1 Å². The Bertz CT molecular complexity index is 990. The zero-order chi connectivity index (χ0) is 18.0. The van der Waals surface area contributed by atoms with Crippen LogP contribution < -0.4 is 11.1 Å². The number of nitriles is 1. The maximum absolute atomic E-state index is 11.6. The SMILES string of the molecule is C[C@@H](CO)Nc1cc(-n2ncc3cc(C#N)cnc32)ncc1C(N)=O. The largest absolute Gasteiger partial charge is 0.394 e. The van der Waals surface area contributed by atoms with Crippen LogP contribution in [0.5, 0.6) is 0 Å². The van der Waals surface area contributed by atoms with Gasteiger partial charge in [0.2, 0.25) is 0 Å². The summed E-state index contributed by atoms with van der Waals surface area (Å²) in [4.78, 5) is 20.0. The lowest BCUT2D eigenvalue weighted by Crippen LogP contribution is -2.23. The van der Waals surface area contributed by atoms with Crippen molar-refractivity contribution in [1.29, 1.82) is 5.26 Å². The number of anilines is 1. The van der Waals surface area contributed by atoms with Crippen LogP contribution in [-0.2, 0) is 0 Å². The molecule has 0 aliphatic carbocycles. The third-order valence-electron chi connectivity index (χ3n) is 3.58. The molecule has 0 aliphatic rings. The van der Waals surface area contributed by atoms with Crippen molar-refractivity contribution in [3.8, 4) is 11.9 Å². The number of primary amides is 1. The highest BCUT2D eigenvalue weighted by Crippen LogP contribution is 2.21. The molecule has 25 heavy (non-hydrogen) atoms. The Morgan fingerprint density at radius 3 is 2.88 bits per heavy atom. The summed E-state index contributed by atoms with van der Waals surface area (Å²) in [7, 11) is 0. The van der Waals surface area contributed by atoms with E-state index in [0.717, 1.165) is 0 Å². The molecular formula is C16H15N7O2. The number of hydrogen-bond acceptors (Lipinski definition) is 7. The molecule has 1 atom stereocenters. The van der Waals surface area contributed by atoms with Gasteiger partial charge >= 0.3 is 0 Å². The molecule has 0 aromatic carbocycles. The molecule has 9 nitrogen and oxygen atoms in total. The van der Waals surface area contributed by atoms with E-state index in [9.17, 15) is 9.90 Å². The molecule has 9 heteroatoms. The number of hydrogen-bond donors (Lipinski definition) is 3. The smallest absolute Gasteiger partial charge is 0.252 e. The van der Waals surface area contributed by atoms with Crippen LogP contribution in [0.1, 0.15) is 22.8 Å². The quantitative estimate of drug-likeness (QED) is 0.618. The number of nitrogens with one attached hydrogen (secondary N) is 1. The number of fused-ring (bicyclic) bond motifs is 1. The molecule has 3 aromatic heterocycles. The van der Waals surface area contributed by atoms with Gasteiger partial charge in [-0.05, 0) is 13.0 Å². The number of rotatable bonds is 5. The molecule has 3 heterocycles. The van der Waals surface area contributed by atoms with E-state index >= 15 is 0 Å². The van der Waals surface area contributed by atoms with Gasteiger partial charge in [0.05, 0.1) is 29.6 Å². The predicted molar refractivity (Wildman–Crippen MR) is 90.1 cm³/mol. The van der Waals surface area contributed by atoms with Gasteiger partial charge in [0.1, 0.15) is 6.07 Å². The molecule has 3 aromatic rings. The zero-order valence-electron chi connectivity index (χ0n) is 13.3. The molecular weight excluding hydrogens is 322 g/mol. The number of aliphatic hydroxyl groups is 1. The molecule has 126 valence electrons. The van der Waals surface area contributed by atoms with Gasteiger partial charge in [-0.25, -0.2) is 9.97 Å². The van der Waals surface area contributed by atoms with E-state index in [1.54, 1.807) is 25.3 Å². The summed E-state index contributed by atoms with van der Waals surface area (Å²) in [6.45, 7) is 1.65. The minimum Gasteiger partial charge on any atom is -0.394 e. The van der Waals surface area contributed by atoms with Crippen LogP contribution in [0.2, 0.25) is 0 Å². The number of aliphatic hydroxyl groups excluding tert-OH is 1.